The second kappa shape index (κ2) is 8.31. The lowest BCUT2D eigenvalue weighted by Gasteiger charge is -2.28. The van der Waals surface area contributed by atoms with E-state index in [1.807, 2.05) is 12.1 Å². The summed E-state index contributed by atoms with van der Waals surface area (Å²) >= 11 is 0. The minimum Gasteiger partial charge on any atom is -0.392 e. The molecule has 0 amide bonds. The summed E-state index contributed by atoms with van der Waals surface area (Å²) < 4.78 is 0. The van der Waals surface area contributed by atoms with Crippen LogP contribution in [0.5, 0.6) is 0 Å². The van der Waals surface area contributed by atoms with Crippen LogP contribution >= 0.6 is 0 Å². The average Bonchev–Trinajstić information content (AvgIpc) is 2.46. The Balaban J connectivity index is 2.52. The highest BCUT2D eigenvalue weighted by molar-refractivity contribution is 5.25. The van der Waals surface area contributed by atoms with Gasteiger partial charge < -0.3 is 10.4 Å². The fraction of sp³-hybridized carbons (Fsp3) is 0.625. The Morgan fingerprint density at radius 1 is 1.21 bits per heavy atom. The van der Waals surface area contributed by atoms with Gasteiger partial charge >= 0.3 is 0 Å². The number of nitrogens with one attached hydrogen (secondary N) is 1. The summed E-state index contributed by atoms with van der Waals surface area (Å²) in [5, 5.41) is 12.7. The Morgan fingerprint density at radius 2 is 1.89 bits per heavy atom. The molecule has 19 heavy (non-hydrogen) atoms. The van der Waals surface area contributed by atoms with Gasteiger partial charge in [0.1, 0.15) is 0 Å². The maximum absolute atomic E-state index is 9.17. The maximum atomic E-state index is 9.17. The molecule has 0 saturated carbocycles. The van der Waals surface area contributed by atoms with Crippen LogP contribution in [0.3, 0.4) is 0 Å². The minimum atomic E-state index is 0.108. The summed E-state index contributed by atoms with van der Waals surface area (Å²) in [6, 6.07) is 8.99. The lowest BCUT2D eigenvalue weighted by atomic mass is 10.1. The molecule has 0 bridgehead atoms. The van der Waals surface area contributed by atoms with Crippen LogP contribution in [0.2, 0.25) is 0 Å². The number of hydrogen-bond donors (Lipinski definition) is 2. The van der Waals surface area contributed by atoms with Crippen LogP contribution in [0.25, 0.3) is 0 Å². The van der Waals surface area contributed by atoms with Crippen LogP contribution in [-0.2, 0) is 6.61 Å². The van der Waals surface area contributed by atoms with Gasteiger partial charge in [0, 0.05) is 18.6 Å². The first-order valence-corrected chi connectivity index (χ1v) is 7.29. The van der Waals surface area contributed by atoms with Crippen molar-refractivity contribution in [3.63, 3.8) is 0 Å². The van der Waals surface area contributed by atoms with Crippen LogP contribution < -0.4 is 5.32 Å². The van der Waals surface area contributed by atoms with Gasteiger partial charge in [-0.05, 0) is 38.1 Å². The van der Waals surface area contributed by atoms with Gasteiger partial charge in [-0.25, -0.2) is 0 Å². The van der Waals surface area contributed by atoms with Crippen molar-refractivity contribution in [2.75, 3.05) is 19.6 Å². The summed E-state index contributed by atoms with van der Waals surface area (Å²) in [5.74, 6) is 0. The zero-order valence-corrected chi connectivity index (χ0v) is 12.7. The minimum absolute atomic E-state index is 0.108. The van der Waals surface area contributed by atoms with E-state index in [2.05, 4.69) is 50.0 Å². The first-order valence-electron chi connectivity index (χ1n) is 7.29. The first kappa shape index (κ1) is 16.2. The van der Waals surface area contributed by atoms with Crippen LogP contribution in [-0.4, -0.2) is 35.7 Å². The zero-order valence-electron chi connectivity index (χ0n) is 12.7. The topological polar surface area (TPSA) is 35.5 Å². The molecule has 2 atom stereocenters. The van der Waals surface area contributed by atoms with Crippen molar-refractivity contribution in [3.05, 3.63) is 35.4 Å². The quantitative estimate of drug-likeness (QED) is 0.757. The molecule has 108 valence electrons. The average molecular weight is 264 g/mol. The molecular formula is C16H28N2O. The molecule has 0 spiro atoms. The molecule has 0 aliphatic carbocycles. The van der Waals surface area contributed by atoms with Crippen LogP contribution in [0.1, 0.15) is 44.9 Å². The largest absolute Gasteiger partial charge is 0.392 e. The molecule has 0 heterocycles. The van der Waals surface area contributed by atoms with Crippen molar-refractivity contribution in [1.29, 1.82) is 0 Å². The van der Waals surface area contributed by atoms with Gasteiger partial charge in [0.2, 0.25) is 0 Å². The second-order valence-corrected chi connectivity index (χ2v) is 5.10. The predicted molar refractivity (Wildman–Crippen MR) is 81.2 cm³/mol. The molecule has 3 nitrogen and oxygen atoms in total. The van der Waals surface area contributed by atoms with Gasteiger partial charge in [-0.2, -0.15) is 0 Å². The molecule has 0 fully saturated rings. The lowest BCUT2D eigenvalue weighted by Crippen LogP contribution is -2.40. The van der Waals surface area contributed by atoms with E-state index in [0.717, 1.165) is 25.2 Å². The Morgan fingerprint density at radius 3 is 2.47 bits per heavy atom. The Bertz CT molecular complexity index is 364. The number of aliphatic hydroxyl groups is 1. The van der Waals surface area contributed by atoms with Crippen molar-refractivity contribution in [1.82, 2.24) is 10.2 Å². The Labute approximate surface area is 117 Å². The second-order valence-electron chi connectivity index (χ2n) is 5.10. The van der Waals surface area contributed by atoms with E-state index in [4.69, 9.17) is 0 Å². The molecule has 2 unspecified atom stereocenters. The maximum Gasteiger partial charge on any atom is 0.0681 e. The van der Waals surface area contributed by atoms with E-state index in [1.54, 1.807) is 0 Å². The van der Waals surface area contributed by atoms with Gasteiger partial charge in [0.15, 0.2) is 0 Å². The lowest BCUT2D eigenvalue weighted by molar-refractivity contribution is 0.222. The van der Waals surface area contributed by atoms with Crippen LogP contribution in [0.15, 0.2) is 24.3 Å². The standard InChI is InChI=1S/C16H28N2O/c1-5-18(6-2)13(3)11-17-14(4)16-9-7-8-15(10-16)12-19/h7-10,13-14,17,19H,5-6,11-12H2,1-4H3. The number of nitrogens with zero attached hydrogens (tertiary/aromatic N) is 1. The third-order valence-corrected chi connectivity index (χ3v) is 3.79. The number of rotatable bonds is 8. The number of likely N-dealkylation sites (N-methyl/N-ethyl adjacent to an activating group) is 1. The summed E-state index contributed by atoms with van der Waals surface area (Å²) in [5.41, 5.74) is 2.21. The monoisotopic (exact) mass is 264 g/mol. The Kier molecular flexibility index (Phi) is 7.06. The van der Waals surface area contributed by atoms with Gasteiger partial charge in [-0.1, -0.05) is 38.1 Å². The number of benzene rings is 1. The van der Waals surface area contributed by atoms with Gasteiger partial charge in [-0.15, -0.1) is 0 Å². The molecule has 0 saturated heterocycles. The van der Waals surface area contributed by atoms with E-state index in [0.29, 0.717) is 12.1 Å². The van der Waals surface area contributed by atoms with E-state index in [1.165, 1.54) is 5.56 Å². The van der Waals surface area contributed by atoms with Crippen LogP contribution in [0.4, 0.5) is 0 Å². The van der Waals surface area contributed by atoms with E-state index < -0.39 is 0 Å². The van der Waals surface area contributed by atoms with Crippen molar-refractivity contribution in [2.45, 2.75) is 46.4 Å². The van der Waals surface area contributed by atoms with Gasteiger partial charge in [-0.3, -0.25) is 4.90 Å². The SMILES string of the molecule is CCN(CC)C(C)CNC(C)c1cccc(CO)c1. The number of aliphatic hydroxyl groups excluding tert-OH is 1. The molecule has 0 aliphatic heterocycles. The fourth-order valence-electron chi connectivity index (χ4n) is 2.40. The predicted octanol–water partition coefficient (Wildman–Crippen LogP) is 2.56. The fourth-order valence-corrected chi connectivity index (χ4v) is 2.40. The van der Waals surface area contributed by atoms with Crippen LogP contribution in [0, 0.1) is 0 Å². The summed E-state index contributed by atoms with van der Waals surface area (Å²) in [4.78, 5) is 2.45. The number of hydrogen-bond acceptors (Lipinski definition) is 3. The summed E-state index contributed by atoms with van der Waals surface area (Å²) in [6.07, 6.45) is 0. The van der Waals surface area contributed by atoms with Gasteiger partial charge in [0.05, 0.1) is 6.61 Å². The molecule has 0 aromatic heterocycles. The van der Waals surface area contributed by atoms with Crippen molar-refractivity contribution >= 4 is 0 Å². The Hall–Kier alpha value is -0.900. The third kappa shape index (κ3) is 4.94. The first-order chi connectivity index (χ1) is 9.12. The molecule has 3 heteroatoms. The highest BCUT2D eigenvalue weighted by atomic mass is 16.3. The van der Waals surface area contributed by atoms with Gasteiger partial charge in [0.25, 0.3) is 0 Å². The zero-order chi connectivity index (χ0) is 14.3. The van der Waals surface area contributed by atoms with E-state index >= 15 is 0 Å². The highest BCUT2D eigenvalue weighted by Crippen LogP contribution is 2.14. The molecular weight excluding hydrogens is 236 g/mol. The smallest absolute Gasteiger partial charge is 0.0681 e. The van der Waals surface area contributed by atoms with Crippen molar-refractivity contribution in [2.24, 2.45) is 0 Å². The third-order valence-electron chi connectivity index (χ3n) is 3.79. The molecule has 1 aromatic carbocycles. The molecule has 2 N–H and O–H groups in total. The molecule has 1 aromatic rings. The van der Waals surface area contributed by atoms with Crippen molar-refractivity contribution < 1.29 is 5.11 Å². The summed E-state index contributed by atoms with van der Waals surface area (Å²) in [6.45, 7) is 12.1. The normalized spacial score (nSPS) is 14.6. The highest BCUT2D eigenvalue weighted by Gasteiger charge is 2.12. The van der Waals surface area contributed by atoms with E-state index in [-0.39, 0.29) is 6.61 Å². The summed E-state index contributed by atoms with van der Waals surface area (Å²) in [7, 11) is 0. The molecule has 0 aliphatic rings. The molecule has 0 radical (unpaired) electrons. The molecule has 1 rings (SSSR count). The van der Waals surface area contributed by atoms with Crippen molar-refractivity contribution in [3.8, 4) is 0 Å². The van der Waals surface area contributed by atoms with E-state index in [9.17, 15) is 5.11 Å².